The fraction of sp³-hybridized carbons (Fsp3) is 0.933. The number of carbonyl (C=O) groups is 1. The minimum atomic E-state index is -0.587. The first-order valence-electron chi connectivity index (χ1n) is 7.79. The van der Waals surface area contributed by atoms with E-state index in [4.69, 9.17) is 5.73 Å². The van der Waals surface area contributed by atoms with Crippen LogP contribution >= 0.6 is 0 Å². The van der Waals surface area contributed by atoms with Crippen molar-refractivity contribution in [3.05, 3.63) is 0 Å². The molecule has 1 fully saturated rings. The standard InChI is InChI=1S/C15H32N4O/c1-5-8-17-15(2,14(16)20)7-10-19(4)12-13-6-9-18(3)11-13/h13,17H,5-12H2,1-4H3,(H2,16,20). The molecule has 20 heavy (non-hydrogen) atoms. The van der Waals surface area contributed by atoms with Crippen LogP contribution in [0.3, 0.4) is 0 Å². The van der Waals surface area contributed by atoms with E-state index in [0.717, 1.165) is 38.4 Å². The van der Waals surface area contributed by atoms with Crippen molar-refractivity contribution in [1.82, 2.24) is 15.1 Å². The van der Waals surface area contributed by atoms with E-state index in [-0.39, 0.29) is 5.91 Å². The van der Waals surface area contributed by atoms with Gasteiger partial charge in [-0.05, 0) is 59.3 Å². The van der Waals surface area contributed by atoms with Crippen LogP contribution in [0.1, 0.15) is 33.1 Å². The van der Waals surface area contributed by atoms with Crippen molar-refractivity contribution in [3.63, 3.8) is 0 Å². The van der Waals surface area contributed by atoms with Gasteiger partial charge >= 0.3 is 0 Å². The number of hydrogen-bond acceptors (Lipinski definition) is 4. The summed E-state index contributed by atoms with van der Waals surface area (Å²) in [5.41, 5.74) is 4.97. The van der Waals surface area contributed by atoms with Gasteiger partial charge < -0.3 is 20.9 Å². The molecule has 3 N–H and O–H groups in total. The third kappa shape index (κ3) is 5.38. The molecule has 1 saturated heterocycles. The van der Waals surface area contributed by atoms with Gasteiger partial charge in [-0.2, -0.15) is 0 Å². The summed E-state index contributed by atoms with van der Waals surface area (Å²) in [7, 11) is 4.32. The molecule has 0 saturated carbocycles. The van der Waals surface area contributed by atoms with Crippen LogP contribution in [0.15, 0.2) is 0 Å². The first kappa shape index (κ1) is 17.4. The molecule has 1 aliphatic heterocycles. The lowest BCUT2D eigenvalue weighted by Crippen LogP contribution is -2.54. The Labute approximate surface area is 123 Å². The molecule has 5 nitrogen and oxygen atoms in total. The Morgan fingerprint density at radius 1 is 1.55 bits per heavy atom. The van der Waals surface area contributed by atoms with E-state index in [1.165, 1.54) is 19.5 Å². The highest BCUT2D eigenvalue weighted by atomic mass is 16.1. The normalized spacial score (nSPS) is 23.1. The van der Waals surface area contributed by atoms with Crippen molar-refractivity contribution in [3.8, 4) is 0 Å². The van der Waals surface area contributed by atoms with Crippen LogP contribution < -0.4 is 11.1 Å². The molecule has 0 radical (unpaired) electrons. The molecule has 0 bridgehead atoms. The number of rotatable bonds is 9. The SMILES string of the molecule is CCCNC(C)(CCN(C)CC1CCN(C)C1)C(N)=O. The quantitative estimate of drug-likeness (QED) is 0.647. The van der Waals surface area contributed by atoms with Gasteiger partial charge in [0, 0.05) is 19.6 Å². The van der Waals surface area contributed by atoms with Crippen LogP contribution in [0.25, 0.3) is 0 Å². The van der Waals surface area contributed by atoms with Gasteiger partial charge in [0.15, 0.2) is 0 Å². The molecule has 2 atom stereocenters. The minimum absolute atomic E-state index is 0.250. The number of amides is 1. The molecular formula is C15H32N4O. The Hall–Kier alpha value is -0.650. The zero-order valence-electron chi connectivity index (χ0n) is 13.6. The molecule has 0 aliphatic carbocycles. The van der Waals surface area contributed by atoms with Crippen LogP contribution in [-0.4, -0.2) is 68.1 Å². The van der Waals surface area contributed by atoms with Crippen LogP contribution in [0.5, 0.6) is 0 Å². The number of nitrogens with two attached hydrogens (primary N) is 1. The first-order valence-corrected chi connectivity index (χ1v) is 7.79. The van der Waals surface area contributed by atoms with Crippen LogP contribution in [0.4, 0.5) is 0 Å². The summed E-state index contributed by atoms with van der Waals surface area (Å²) < 4.78 is 0. The summed E-state index contributed by atoms with van der Waals surface area (Å²) in [4.78, 5) is 16.4. The second kappa shape index (κ2) is 7.96. The molecule has 0 aromatic carbocycles. The third-order valence-electron chi connectivity index (χ3n) is 4.36. The summed E-state index contributed by atoms with van der Waals surface area (Å²) in [6, 6.07) is 0. The lowest BCUT2D eigenvalue weighted by molar-refractivity contribution is -0.124. The van der Waals surface area contributed by atoms with Crippen LogP contribution in [0.2, 0.25) is 0 Å². The monoisotopic (exact) mass is 284 g/mol. The predicted molar refractivity (Wildman–Crippen MR) is 83.6 cm³/mol. The first-order chi connectivity index (χ1) is 9.37. The topological polar surface area (TPSA) is 61.6 Å². The maximum Gasteiger partial charge on any atom is 0.237 e. The molecule has 0 aromatic rings. The van der Waals surface area contributed by atoms with Gasteiger partial charge in [-0.25, -0.2) is 0 Å². The number of hydrogen-bond donors (Lipinski definition) is 2. The maximum absolute atomic E-state index is 11.7. The van der Waals surface area contributed by atoms with Crippen molar-refractivity contribution >= 4 is 5.91 Å². The van der Waals surface area contributed by atoms with Gasteiger partial charge in [-0.1, -0.05) is 6.92 Å². The average molecular weight is 284 g/mol. The molecule has 1 amide bonds. The summed E-state index contributed by atoms with van der Waals surface area (Å²) in [5.74, 6) is 0.508. The Morgan fingerprint density at radius 2 is 2.25 bits per heavy atom. The zero-order valence-corrected chi connectivity index (χ0v) is 13.6. The number of primary amides is 1. The Balaban J connectivity index is 2.36. The van der Waals surface area contributed by atoms with Gasteiger partial charge in [0.05, 0.1) is 5.54 Å². The van der Waals surface area contributed by atoms with E-state index in [2.05, 4.69) is 36.1 Å². The largest absolute Gasteiger partial charge is 0.368 e. The van der Waals surface area contributed by atoms with E-state index in [0.29, 0.717) is 0 Å². The van der Waals surface area contributed by atoms with Gasteiger partial charge in [0.25, 0.3) is 0 Å². The fourth-order valence-electron chi connectivity index (χ4n) is 2.82. The van der Waals surface area contributed by atoms with E-state index < -0.39 is 5.54 Å². The van der Waals surface area contributed by atoms with Crippen molar-refractivity contribution in [2.75, 3.05) is 46.8 Å². The number of carbonyl (C=O) groups excluding carboxylic acids is 1. The molecule has 0 spiro atoms. The van der Waals surface area contributed by atoms with Gasteiger partial charge in [0.2, 0.25) is 5.91 Å². The Kier molecular flexibility index (Phi) is 6.92. The lowest BCUT2D eigenvalue weighted by atomic mass is 9.96. The molecule has 2 unspecified atom stereocenters. The third-order valence-corrected chi connectivity index (χ3v) is 4.36. The summed E-state index contributed by atoms with van der Waals surface area (Å²) in [5, 5.41) is 3.29. The van der Waals surface area contributed by atoms with Crippen molar-refractivity contribution in [2.45, 2.75) is 38.6 Å². The molecule has 1 aliphatic rings. The average Bonchev–Trinajstić information content (AvgIpc) is 2.79. The predicted octanol–water partition coefficient (Wildman–Crippen LogP) is 0.504. The summed E-state index contributed by atoms with van der Waals surface area (Å²) >= 11 is 0. The highest BCUT2D eigenvalue weighted by molar-refractivity contribution is 5.84. The zero-order chi connectivity index (χ0) is 15.2. The van der Waals surface area contributed by atoms with Crippen molar-refractivity contribution in [2.24, 2.45) is 11.7 Å². The summed E-state index contributed by atoms with van der Waals surface area (Å²) in [6.07, 6.45) is 3.05. The second-order valence-electron chi connectivity index (χ2n) is 6.55. The fourth-order valence-corrected chi connectivity index (χ4v) is 2.82. The molecular weight excluding hydrogens is 252 g/mol. The van der Waals surface area contributed by atoms with Crippen LogP contribution in [-0.2, 0) is 4.79 Å². The molecule has 118 valence electrons. The molecule has 0 aromatic heterocycles. The lowest BCUT2D eigenvalue weighted by Gasteiger charge is -2.30. The Morgan fingerprint density at radius 3 is 2.75 bits per heavy atom. The van der Waals surface area contributed by atoms with Gasteiger partial charge in [-0.15, -0.1) is 0 Å². The molecule has 1 heterocycles. The van der Waals surface area contributed by atoms with Crippen molar-refractivity contribution < 1.29 is 4.79 Å². The number of nitrogens with one attached hydrogen (secondary N) is 1. The second-order valence-corrected chi connectivity index (χ2v) is 6.55. The van der Waals surface area contributed by atoms with Crippen LogP contribution in [0, 0.1) is 5.92 Å². The Bertz CT molecular complexity index is 310. The highest BCUT2D eigenvalue weighted by Gasteiger charge is 2.30. The summed E-state index contributed by atoms with van der Waals surface area (Å²) in [6.45, 7) is 9.24. The maximum atomic E-state index is 11.7. The molecule has 1 rings (SSSR count). The van der Waals surface area contributed by atoms with Gasteiger partial charge in [0.1, 0.15) is 0 Å². The van der Waals surface area contributed by atoms with Gasteiger partial charge in [-0.3, -0.25) is 4.79 Å². The number of nitrogens with zero attached hydrogens (tertiary/aromatic N) is 2. The smallest absolute Gasteiger partial charge is 0.237 e. The van der Waals surface area contributed by atoms with Crippen molar-refractivity contribution in [1.29, 1.82) is 0 Å². The van der Waals surface area contributed by atoms with E-state index >= 15 is 0 Å². The van der Waals surface area contributed by atoms with E-state index in [1.54, 1.807) is 0 Å². The number of likely N-dealkylation sites (tertiary alicyclic amines) is 1. The highest BCUT2D eigenvalue weighted by Crippen LogP contribution is 2.16. The minimum Gasteiger partial charge on any atom is -0.368 e. The molecule has 5 heteroatoms. The van der Waals surface area contributed by atoms with E-state index in [1.807, 2.05) is 6.92 Å². The van der Waals surface area contributed by atoms with E-state index in [9.17, 15) is 4.79 Å².